The van der Waals surface area contributed by atoms with Crippen LogP contribution in [0.25, 0.3) is 0 Å². The molecule has 0 spiro atoms. The minimum atomic E-state index is -1.25. The quantitative estimate of drug-likeness (QED) is 0.550. The maximum atomic E-state index is 11.9. The second-order valence-corrected chi connectivity index (χ2v) is 4.81. The van der Waals surface area contributed by atoms with Crippen molar-refractivity contribution in [3.8, 4) is 0 Å². The molecule has 0 bridgehead atoms. The molecule has 0 aromatic heterocycles. The van der Waals surface area contributed by atoms with E-state index in [2.05, 4.69) is 6.58 Å². The van der Waals surface area contributed by atoms with Crippen molar-refractivity contribution in [3.63, 3.8) is 0 Å². The fraction of sp³-hybridized carbons (Fsp3) is 0.312. The molecular weight excluding hydrogens is 304 g/mol. The molecule has 1 aromatic rings. The molecule has 1 aromatic carbocycles. The Kier molecular flexibility index (Phi) is 6.95. The Morgan fingerprint density at radius 2 is 1.78 bits per heavy atom. The molecule has 0 aliphatic heterocycles. The van der Waals surface area contributed by atoms with Gasteiger partial charge in [-0.15, -0.1) is 0 Å². The Morgan fingerprint density at radius 1 is 1.17 bits per heavy atom. The molecule has 0 aliphatic carbocycles. The van der Waals surface area contributed by atoms with Gasteiger partial charge in [0.15, 0.2) is 0 Å². The smallest absolute Gasteiger partial charge is 0.339 e. The van der Waals surface area contributed by atoms with Crippen LogP contribution in [0.2, 0.25) is 0 Å². The predicted octanol–water partition coefficient (Wildman–Crippen LogP) is 1.41. The maximum absolute atomic E-state index is 11.9. The first-order chi connectivity index (χ1) is 10.8. The summed E-state index contributed by atoms with van der Waals surface area (Å²) in [5, 5.41) is 18.7. The van der Waals surface area contributed by atoms with Crippen LogP contribution in [0.3, 0.4) is 0 Å². The Bertz CT molecular complexity index is 606. The van der Waals surface area contributed by atoms with Gasteiger partial charge in [-0.05, 0) is 19.1 Å². The van der Waals surface area contributed by atoms with Gasteiger partial charge in [0.2, 0.25) is 0 Å². The molecule has 1 unspecified atom stereocenters. The number of carboxylic acid groups (broad SMARTS) is 1. The van der Waals surface area contributed by atoms with E-state index in [1.54, 1.807) is 0 Å². The highest BCUT2D eigenvalue weighted by Crippen LogP contribution is 2.11. The summed E-state index contributed by atoms with van der Waals surface area (Å²) < 4.78 is 9.67. The number of carbonyl (C=O) groups is 3. The highest BCUT2D eigenvalue weighted by Gasteiger charge is 2.18. The van der Waals surface area contributed by atoms with E-state index >= 15 is 0 Å². The predicted molar refractivity (Wildman–Crippen MR) is 80.1 cm³/mol. The van der Waals surface area contributed by atoms with Gasteiger partial charge in [-0.2, -0.15) is 0 Å². The Hall–Kier alpha value is -2.67. The second-order valence-electron chi connectivity index (χ2n) is 4.81. The maximum Gasteiger partial charge on any atom is 0.339 e. The summed E-state index contributed by atoms with van der Waals surface area (Å²) in [6.07, 6.45) is -0.957. The minimum absolute atomic E-state index is 0.0455. The van der Waals surface area contributed by atoms with Crippen LogP contribution in [0.5, 0.6) is 0 Å². The highest BCUT2D eigenvalue weighted by molar-refractivity contribution is 6.02. The number of hydrogen-bond donors (Lipinski definition) is 2. The molecular formula is C16H18O7. The van der Waals surface area contributed by atoms with Gasteiger partial charge in [0, 0.05) is 12.0 Å². The number of aliphatic hydroxyl groups excluding tert-OH is 1. The Morgan fingerprint density at radius 3 is 2.35 bits per heavy atom. The van der Waals surface area contributed by atoms with Gasteiger partial charge in [0.1, 0.15) is 6.61 Å². The third-order valence-electron chi connectivity index (χ3n) is 2.82. The van der Waals surface area contributed by atoms with Crippen LogP contribution in [0, 0.1) is 0 Å². The molecule has 7 nitrogen and oxygen atoms in total. The topological polar surface area (TPSA) is 110 Å². The molecule has 0 heterocycles. The minimum Gasteiger partial charge on any atom is -0.478 e. The molecule has 2 N–H and O–H groups in total. The summed E-state index contributed by atoms with van der Waals surface area (Å²) in [5.74, 6) is -2.66. The number of benzene rings is 1. The highest BCUT2D eigenvalue weighted by atomic mass is 16.5. The number of hydrogen-bond acceptors (Lipinski definition) is 6. The molecule has 0 aliphatic rings. The summed E-state index contributed by atoms with van der Waals surface area (Å²) >= 11 is 0. The summed E-state index contributed by atoms with van der Waals surface area (Å²) in [4.78, 5) is 34.0. The first-order valence-electron chi connectivity index (χ1n) is 6.83. The number of rotatable bonds is 8. The fourth-order valence-corrected chi connectivity index (χ4v) is 1.59. The van der Waals surface area contributed by atoms with Gasteiger partial charge in [0.05, 0.1) is 23.8 Å². The molecule has 0 radical (unpaired) electrons. The molecule has 0 saturated carbocycles. The number of esters is 2. The molecule has 0 amide bonds. The SMILES string of the molecule is C=C(C)C(=O)OCCC(O)COC(=O)c1ccccc1C(=O)O. The van der Waals surface area contributed by atoms with Gasteiger partial charge < -0.3 is 19.7 Å². The number of ether oxygens (including phenoxy) is 2. The van der Waals surface area contributed by atoms with Gasteiger partial charge in [0.25, 0.3) is 0 Å². The van der Waals surface area contributed by atoms with E-state index in [1.165, 1.54) is 31.2 Å². The normalized spacial score (nSPS) is 11.4. The lowest BCUT2D eigenvalue weighted by Gasteiger charge is -2.12. The molecule has 1 atom stereocenters. The average molecular weight is 322 g/mol. The van der Waals surface area contributed by atoms with Crippen LogP contribution < -0.4 is 0 Å². The molecule has 124 valence electrons. The van der Waals surface area contributed by atoms with Gasteiger partial charge in [-0.25, -0.2) is 14.4 Å². The Labute approximate surface area is 133 Å². The van der Waals surface area contributed by atoms with Gasteiger partial charge >= 0.3 is 17.9 Å². The van der Waals surface area contributed by atoms with Crippen molar-refractivity contribution in [3.05, 3.63) is 47.5 Å². The van der Waals surface area contributed by atoms with E-state index in [0.717, 1.165) is 0 Å². The van der Waals surface area contributed by atoms with Gasteiger partial charge in [-0.3, -0.25) is 0 Å². The lowest BCUT2D eigenvalue weighted by molar-refractivity contribution is -0.139. The lowest BCUT2D eigenvalue weighted by atomic mass is 10.1. The molecule has 0 fully saturated rings. The van der Waals surface area contributed by atoms with Crippen molar-refractivity contribution in [2.75, 3.05) is 13.2 Å². The van der Waals surface area contributed by atoms with Gasteiger partial charge in [-0.1, -0.05) is 18.7 Å². The number of carbonyl (C=O) groups excluding carboxylic acids is 2. The van der Waals surface area contributed by atoms with Crippen molar-refractivity contribution in [2.45, 2.75) is 19.4 Å². The first-order valence-corrected chi connectivity index (χ1v) is 6.83. The van der Waals surface area contributed by atoms with Crippen LogP contribution in [-0.2, 0) is 14.3 Å². The zero-order chi connectivity index (χ0) is 17.4. The summed E-state index contributed by atoms with van der Waals surface area (Å²) in [5.41, 5.74) is -0.0283. The lowest BCUT2D eigenvalue weighted by Crippen LogP contribution is -2.22. The fourth-order valence-electron chi connectivity index (χ4n) is 1.59. The van der Waals surface area contributed by atoms with Crippen LogP contribution in [0.1, 0.15) is 34.1 Å². The van der Waals surface area contributed by atoms with E-state index in [4.69, 9.17) is 14.6 Å². The largest absolute Gasteiger partial charge is 0.478 e. The number of carboxylic acids is 1. The van der Waals surface area contributed by atoms with Crippen LogP contribution in [0.4, 0.5) is 0 Å². The van der Waals surface area contributed by atoms with Crippen molar-refractivity contribution >= 4 is 17.9 Å². The summed E-state index contributed by atoms with van der Waals surface area (Å²) in [6.45, 7) is 4.53. The summed E-state index contributed by atoms with van der Waals surface area (Å²) in [6, 6.07) is 5.61. The second kappa shape index (κ2) is 8.70. The van der Waals surface area contributed by atoms with Crippen LogP contribution in [0.15, 0.2) is 36.4 Å². The zero-order valence-electron chi connectivity index (χ0n) is 12.7. The van der Waals surface area contributed by atoms with E-state index < -0.39 is 24.0 Å². The van der Waals surface area contributed by atoms with Crippen molar-refractivity contribution in [1.29, 1.82) is 0 Å². The monoisotopic (exact) mass is 322 g/mol. The van der Waals surface area contributed by atoms with Crippen molar-refractivity contribution < 1.29 is 34.1 Å². The summed E-state index contributed by atoms with van der Waals surface area (Å²) in [7, 11) is 0. The zero-order valence-corrected chi connectivity index (χ0v) is 12.7. The molecule has 7 heteroatoms. The van der Waals surface area contributed by atoms with Crippen molar-refractivity contribution in [1.82, 2.24) is 0 Å². The van der Waals surface area contributed by atoms with E-state index in [0.29, 0.717) is 0 Å². The molecule has 0 saturated heterocycles. The van der Waals surface area contributed by atoms with E-state index in [1.807, 2.05) is 0 Å². The Balaban J connectivity index is 2.46. The average Bonchev–Trinajstić information content (AvgIpc) is 2.52. The third-order valence-corrected chi connectivity index (χ3v) is 2.82. The molecule has 1 rings (SSSR count). The van der Waals surface area contributed by atoms with Crippen LogP contribution in [-0.4, -0.2) is 47.4 Å². The van der Waals surface area contributed by atoms with E-state index in [-0.39, 0.29) is 36.3 Å². The number of aromatic carboxylic acids is 1. The van der Waals surface area contributed by atoms with Crippen LogP contribution >= 0.6 is 0 Å². The first kappa shape index (κ1) is 18.4. The number of aliphatic hydroxyl groups is 1. The van der Waals surface area contributed by atoms with E-state index in [9.17, 15) is 19.5 Å². The molecule has 23 heavy (non-hydrogen) atoms. The standard InChI is InChI=1S/C16H18O7/c1-10(2)15(20)22-8-7-11(17)9-23-16(21)13-6-4-3-5-12(13)14(18)19/h3-6,11,17H,1,7-9H2,2H3,(H,18,19). The third kappa shape index (κ3) is 5.91. The van der Waals surface area contributed by atoms with Crippen molar-refractivity contribution in [2.24, 2.45) is 0 Å².